The summed E-state index contributed by atoms with van der Waals surface area (Å²) in [5, 5.41) is 0. The van der Waals surface area contributed by atoms with Crippen LogP contribution in [-0.2, 0) is 0 Å². The second-order valence-electron chi connectivity index (χ2n) is 6.78. The highest BCUT2D eigenvalue weighted by Crippen LogP contribution is 2.18. The van der Waals surface area contributed by atoms with Gasteiger partial charge in [-0.1, -0.05) is 31.5 Å². The highest BCUT2D eigenvalue weighted by atomic mass is 15.2. The first kappa shape index (κ1) is 17.3. The number of nitrogens with zero attached hydrogens (tertiary/aromatic N) is 3. The highest BCUT2D eigenvalue weighted by molar-refractivity contribution is 5.46. The number of benzene rings is 1. The van der Waals surface area contributed by atoms with Gasteiger partial charge in [-0.15, -0.1) is 0 Å². The van der Waals surface area contributed by atoms with Crippen molar-refractivity contribution in [2.45, 2.75) is 26.2 Å². The van der Waals surface area contributed by atoms with E-state index in [0.29, 0.717) is 0 Å². The van der Waals surface area contributed by atoms with Gasteiger partial charge in [0.1, 0.15) is 0 Å². The van der Waals surface area contributed by atoms with Crippen LogP contribution in [0.3, 0.4) is 0 Å². The predicted molar refractivity (Wildman–Crippen MR) is 96.7 cm³/mol. The molecule has 2 heterocycles. The number of hydrogen-bond acceptors (Lipinski definition) is 3. The van der Waals surface area contributed by atoms with E-state index in [1.54, 1.807) is 0 Å². The van der Waals surface area contributed by atoms with Gasteiger partial charge in [0.25, 0.3) is 0 Å². The van der Waals surface area contributed by atoms with E-state index in [4.69, 9.17) is 0 Å². The first-order valence-corrected chi connectivity index (χ1v) is 8.86. The molecule has 3 rings (SSSR count). The second-order valence-corrected chi connectivity index (χ2v) is 6.78. The van der Waals surface area contributed by atoms with Crippen molar-refractivity contribution in [2.75, 3.05) is 58.3 Å². The van der Waals surface area contributed by atoms with Gasteiger partial charge in [-0.05, 0) is 58.1 Å². The molecule has 0 spiro atoms. The average Bonchev–Trinajstić information content (AvgIpc) is 2.58. The van der Waals surface area contributed by atoms with Gasteiger partial charge in [-0.25, -0.2) is 0 Å². The summed E-state index contributed by atoms with van der Waals surface area (Å²) in [6.45, 7) is 9.60. The van der Waals surface area contributed by atoms with Crippen LogP contribution in [0, 0.1) is 5.92 Å². The minimum Gasteiger partial charge on any atom is -0.369 e. The molecule has 0 aliphatic carbocycles. The molecule has 2 aliphatic rings. The van der Waals surface area contributed by atoms with Crippen molar-refractivity contribution in [1.82, 2.24) is 9.80 Å². The lowest BCUT2D eigenvalue weighted by atomic mass is 9.95. The predicted octanol–water partition coefficient (Wildman–Crippen LogP) is 3.18. The maximum absolute atomic E-state index is 2.44. The van der Waals surface area contributed by atoms with Gasteiger partial charge in [0.05, 0.1) is 0 Å². The monoisotopic (exact) mass is 303 g/mol. The number of piperidine rings is 1. The van der Waals surface area contributed by atoms with Crippen molar-refractivity contribution in [3.63, 3.8) is 0 Å². The Hall–Kier alpha value is -1.06. The molecular formula is C19H33N3. The number of piperazine rings is 1. The molecule has 3 nitrogen and oxygen atoms in total. The first-order chi connectivity index (χ1) is 10.7. The zero-order chi connectivity index (χ0) is 15.8. The number of likely N-dealkylation sites (N-methyl/N-ethyl adjacent to an activating group) is 1. The standard InChI is InChI=1S/C11H16N2.C8H17N/c1-12-7-9-13(10-8-12)11-5-3-2-4-6-11;1-3-8-4-6-9(2)7-5-8/h2-6H,7-10H2,1H3;8H,3-7H2,1-2H3. The van der Waals surface area contributed by atoms with E-state index in [0.717, 1.165) is 19.0 Å². The number of likely N-dealkylation sites (tertiary alicyclic amines) is 1. The van der Waals surface area contributed by atoms with E-state index < -0.39 is 0 Å². The van der Waals surface area contributed by atoms with Gasteiger partial charge in [0, 0.05) is 31.9 Å². The summed E-state index contributed by atoms with van der Waals surface area (Å²) in [4.78, 5) is 7.24. The summed E-state index contributed by atoms with van der Waals surface area (Å²) in [5.74, 6) is 1.03. The van der Waals surface area contributed by atoms with Gasteiger partial charge in [0.2, 0.25) is 0 Å². The summed E-state index contributed by atoms with van der Waals surface area (Å²) < 4.78 is 0. The van der Waals surface area contributed by atoms with Crippen LogP contribution in [0.15, 0.2) is 30.3 Å². The first-order valence-electron chi connectivity index (χ1n) is 8.86. The van der Waals surface area contributed by atoms with Gasteiger partial charge < -0.3 is 14.7 Å². The van der Waals surface area contributed by atoms with E-state index >= 15 is 0 Å². The van der Waals surface area contributed by atoms with Crippen molar-refractivity contribution in [3.8, 4) is 0 Å². The van der Waals surface area contributed by atoms with Crippen LogP contribution in [0.1, 0.15) is 26.2 Å². The van der Waals surface area contributed by atoms with Crippen molar-refractivity contribution in [3.05, 3.63) is 30.3 Å². The zero-order valence-corrected chi connectivity index (χ0v) is 14.7. The third-order valence-electron chi connectivity index (χ3n) is 5.04. The summed E-state index contributed by atoms with van der Waals surface area (Å²) in [6, 6.07) is 10.7. The van der Waals surface area contributed by atoms with E-state index in [9.17, 15) is 0 Å². The number of hydrogen-bond donors (Lipinski definition) is 0. The van der Waals surface area contributed by atoms with Crippen molar-refractivity contribution >= 4 is 5.69 Å². The molecule has 2 aliphatic heterocycles. The Bertz CT molecular complexity index is 390. The van der Waals surface area contributed by atoms with Gasteiger partial charge >= 0.3 is 0 Å². The Morgan fingerprint density at radius 2 is 1.36 bits per heavy atom. The molecule has 0 saturated carbocycles. The molecule has 2 saturated heterocycles. The second kappa shape index (κ2) is 9.16. The van der Waals surface area contributed by atoms with Crippen molar-refractivity contribution in [1.29, 1.82) is 0 Å². The van der Waals surface area contributed by atoms with E-state index in [2.05, 4.69) is 66.1 Å². The highest BCUT2D eigenvalue weighted by Gasteiger charge is 2.14. The van der Waals surface area contributed by atoms with E-state index in [-0.39, 0.29) is 0 Å². The molecule has 0 amide bonds. The lowest BCUT2D eigenvalue weighted by molar-refractivity contribution is 0.216. The number of rotatable bonds is 2. The molecule has 0 N–H and O–H groups in total. The molecule has 0 radical (unpaired) electrons. The quantitative estimate of drug-likeness (QED) is 0.831. The van der Waals surface area contributed by atoms with Crippen LogP contribution in [-0.4, -0.2) is 63.2 Å². The molecule has 0 atom stereocenters. The number of anilines is 1. The fourth-order valence-corrected chi connectivity index (χ4v) is 3.17. The summed E-state index contributed by atoms with van der Waals surface area (Å²) in [7, 11) is 4.40. The Morgan fingerprint density at radius 3 is 1.91 bits per heavy atom. The van der Waals surface area contributed by atoms with Crippen LogP contribution in [0.5, 0.6) is 0 Å². The van der Waals surface area contributed by atoms with E-state index in [1.165, 1.54) is 51.1 Å². The summed E-state index contributed by atoms with van der Waals surface area (Å²) >= 11 is 0. The normalized spacial score (nSPS) is 21.3. The summed E-state index contributed by atoms with van der Waals surface area (Å²) in [5.41, 5.74) is 1.36. The molecular weight excluding hydrogens is 270 g/mol. The Labute approximate surface area is 136 Å². The third-order valence-corrected chi connectivity index (χ3v) is 5.04. The van der Waals surface area contributed by atoms with Crippen LogP contribution >= 0.6 is 0 Å². The molecule has 2 fully saturated rings. The molecule has 3 heteroatoms. The Balaban J connectivity index is 0.000000172. The Morgan fingerprint density at radius 1 is 0.818 bits per heavy atom. The molecule has 0 bridgehead atoms. The van der Waals surface area contributed by atoms with Crippen molar-refractivity contribution < 1.29 is 0 Å². The minimum absolute atomic E-state index is 1.03. The van der Waals surface area contributed by atoms with Crippen LogP contribution in [0.25, 0.3) is 0 Å². The lowest BCUT2D eigenvalue weighted by Crippen LogP contribution is -2.44. The van der Waals surface area contributed by atoms with Crippen LogP contribution in [0.2, 0.25) is 0 Å². The molecule has 1 aromatic rings. The van der Waals surface area contributed by atoms with Gasteiger partial charge in [-0.2, -0.15) is 0 Å². The van der Waals surface area contributed by atoms with E-state index in [1.807, 2.05) is 0 Å². The van der Waals surface area contributed by atoms with Crippen molar-refractivity contribution in [2.24, 2.45) is 5.92 Å². The molecule has 0 aromatic heterocycles. The largest absolute Gasteiger partial charge is 0.369 e. The van der Waals surface area contributed by atoms with Gasteiger partial charge in [0.15, 0.2) is 0 Å². The minimum atomic E-state index is 1.03. The maximum atomic E-state index is 2.44. The smallest absolute Gasteiger partial charge is 0.0367 e. The van der Waals surface area contributed by atoms with Crippen LogP contribution < -0.4 is 4.90 Å². The SMILES string of the molecule is CCC1CCN(C)CC1.CN1CCN(c2ccccc2)CC1. The topological polar surface area (TPSA) is 9.72 Å². The third kappa shape index (κ3) is 5.62. The Kier molecular flexibility index (Phi) is 7.20. The fraction of sp³-hybridized carbons (Fsp3) is 0.684. The molecule has 124 valence electrons. The maximum Gasteiger partial charge on any atom is 0.0367 e. The number of para-hydroxylation sites is 1. The fourth-order valence-electron chi connectivity index (χ4n) is 3.17. The summed E-state index contributed by atoms with van der Waals surface area (Å²) in [6.07, 6.45) is 4.23. The molecule has 0 unspecified atom stereocenters. The molecule has 22 heavy (non-hydrogen) atoms. The average molecular weight is 303 g/mol. The lowest BCUT2D eigenvalue weighted by Gasteiger charge is -2.33. The molecule has 1 aromatic carbocycles. The van der Waals surface area contributed by atoms with Gasteiger partial charge in [-0.3, -0.25) is 0 Å². The zero-order valence-electron chi connectivity index (χ0n) is 14.7. The van der Waals surface area contributed by atoms with Crippen LogP contribution in [0.4, 0.5) is 5.69 Å².